The van der Waals surface area contributed by atoms with Gasteiger partial charge in [0.1, 0.15) is 12.1 Å². The number of benzene rings is 1. The maximum atomic E-state index is 13.0. The molecule has 3 aromatic rings. The summed E-state index contributed by atoms with van der Waals surface area (Å²) in [6.45, 7) is 4.53. The molecule has 1 aromatic carbocycles. The van der Waals surface area contributed by atoms with Crippen LogP contribution >= 0.6 is 11.6 Å². The summed E-state index contributed by atoms with van der Waals surface area (Å²) in [5.41, 5.74) is 0.0464. The highest BCUT2D eigenvalue weighted by Crippen LogP contribution is 2.33. The molecule has 0 bridgehead atoms. The molecular formula is C20H17ClF3N7O. The molecule has 1 fully saturated rings. The summed E-state index contributed by atoms with van der Waals surface area (Å²) in [6.07, 6.45) is -0.480. The molecule has 1 amide bonds. The highest BCUT2D eigenvalue weighted by molar-refractivity contribution is 6.31. The molecule has 2 aromatic heterocycles. The van der Waals surface area contributed by atoms with Crippen LogP contribution < -0.4 is 15.5 Å². The first-order valence-electron chi connectivity index (χ1n) is 9.54. The lowest BCUT2D eigenvalue weighted by atomic mass is 10.2. The van der Waals surface area contributed by atoms with E-state index in [9.17, 15) is 18.0 Å². The molecule has 0 unspecified atom stereocenters. The number of carbonyl (C=O) groups is 1. The molecule has 1 aliphatic heterocycles. The molecule has 2 N–H and O–H groups in total. The number of halogens is 4. The highest BCUT2D eigenvalue weighted by Gasteiger charge is 2.36. The Morgan fingerprint density at radius 1 is 1.28 bits per heavy atom. The van der Waals surface area contributed by atoms with Crippen molar-refractivity contribution in [2.75, 3.05) is 28.6 Å². The minimum atomic E-state index is -4.66. The third-order valence-electron chi connectivity index (χ3n) is 4.90. The van der Waals surface area contributed by atoms with Crippen LogP contribution in [-0.4, -0.2) is 45.0 Å². The van der Waals surface area contributed by atoms with Crippen molar-refractivity contribution in [2.45, 2.75) is 18.6 Å². The molecule has 4 rings (SSSR count). The average molecular weight is 464 g/mol. The van der Waals surface area contributed by atoms with Crippen LogP contribution in [0.5, 0.6) is 0 Å². The summed E-state index contributed by atoms with van der Waals surface area (Å²) in [6, 6.07) is 5.09. The van der Waals surface area contributed by atoms with E-state index in [0.717, 1.165) is 11.6 Å². The quantitative estimate of drug-likeness (QED) is 0.554. The normalized spacial score (nSPS) is 16.2. The van der Waals surface area contributed by atoms with Crippen LogP contribution in [0.15, 0.2) is 43.4 Å². The number of anilines is 3. The van der Waals surface area contributed by atoms with Crippen molar-refractivity contribution >= 4 is 45.9 Å². The molecule has 0 radical (unpaired) electrons. The fourth-order valence-corrected chi connectivity index (χ4v) is 3.65. The Morgan fingerprint density at radius 3 is 2.84 bits per heavy atom. The number of fused-ring (bicyclic) bond motifs is 1. The van der Waals surface area contributed by atoms with Crippen LogP contribution in [0.3, 0.4) is 0 Å². The van der Waals surface area contributed by atoms with Crippen molar-refractivity contribution in [3.05, 3.63) is 54.1 Å². The number of rotatable bonds is 5. The summed E-state index contributed by atoms with van der Waals surface area (Å²) in [5.74, 6) is 0.225. The first-order chi connectivity index (χ1) is 15.2. The number of nitrogens with zero attached hydrogens (tertiary/aromatic N) is 5. The molecule has 1 atom stereocenters. The number of carbonyl (C=O) groups excluding carboxylic acids is 1. The molecule has 1 saturated heterocycles. The largest absolute Gasteiger partial charge is 0.435 e. The van der Waals surface area contributed by atoms with Gasteiger partial charge in [-0.2, -0.15) is 13.2 Å². The van der Waals surface area contributed by atoms with Gasteiger partial charge < -0.3 is 15.5 Å². The lowest BCUT2D eigenvalue weighted by Gasteiger charge is -2.20. The maximum absolute atomic E-state index is 13.0. The van der Waals surface area contributed by atoms with E-state index < -0.39 is 16.9 Å². The predicted octanol–water partition coefficient (Wildman–Crippen LogP) is 3.91. The molecule has 3 heterocycles. The number of nitrogens with one attached hydrogen (secondary N) is 2. The summed E-state index contributed by atoms with van der Waals surface area (Å²) < 4.78 is 39.1. The third-order valence-corrected chi connectivity index (χ3v) is 5.18. The number of alkyl halides is 3. The van der Waals surface area contributed by atoms with Gasteiger partial charge in [-0.3, -0.25) is 4.79 Å². The number of amides is 1. The van der Waals surface area contributed by atoms with Gasteiger partial charge in [0.05, 0.1) is 16.7 Å². The maximum Gasteiger partial charge on any atom is 0.435 e. The van der Waals surface area contributed by atoms with Gasteiger partial charge in [0.2, 0.25) is 11.9 Å². The van der Waals surface area contributed by atoms with Gasteiger partial charge >= 0.3 is 6.18 Å². The molecule has 12 heteroatoms. The van der Waals surface area contributed by atoms with Crippen molar-refractivity contribution in [1.82, 2.24) is 19.9 Å². The molecule has 0 aliphatic carbocycles. The number of hydrogen-bond acceptors (Lipinski definition) is 7. The fourth-order valence-electron chi connectivity index (χ4n) is 3.45. The fraction of sp³-hybridized carbons (Fsp3) is 0.250. The van der Waals surface area contributed by atoms with Crippen LogP contribution in [0.2, 0.25) is 5.02 Å². The van der Waals surface area contributed by atoms with Crippen molar-refractivity contribution < 1.29 is 18.0 Å². The SMILES string of the molecule is C=CC(=O)Nc1ccc2c(N3CC[C@@H](Nc4ncc(Cl)c(C(F)(F)F)n4)C3)ncnc2c1. The third kappa shape index (κ3) is 4.57. The van der Waals surface area contributed by atoms with Crippen LogP contribution in [-0.2, 0) is 11.0 Å². The van der Waals surface area contributed by atoms with Crippen molar-refractivity contribution in [3.8, 4) is 0 Å². The van der Waals surface area contributed by atoms with E-state index >= 15 is 0 Å². The van der Waals surface area contributed by atoms with Crippen LogP contribution in [0.4, 0.5) is 30.6 Å². The molecule has 166 valence electrons. The summed E-state index contributed by atoms with van der Waals surface area (Å²) in [5, 5.41) is 5.86. The molecule has 1 aliphatic rings. The zero-order valence-corrected chi connectivity index (χ0v) is 17.3. The van der Waals surface area contributed by atoms with E-state index in [4.69, 9.17) is 11.6 Å². The second kappa shape index (κ2) is 8.58. The topological polar surface area (TPSA) is 95.9 Å². The van der Waals surface area contributed by atoms with Gasteiger partial charge in [-0.15, -0.1) is 0 Å². The summed E-state index contributed by atoms with van der Waals surface area (Å²) in [4.78, 5) is 29.6. The van der Waals surface area contributed by atoms with Crippen molar-refractivity contribution in [1.29, 1.82) is 0 Å². The van der Waals surface area contributed by atoms with Crippen LogP contribution in [0.1, 0.15) is 12.1 Å². The molecule has 0 spiro atoms. The lowest BCUT2D eigenvalue weighted by molar-refractivity contribution is -0.141. The number of hydrogen-bond donors (Lipinski definition) is 2. The van der Waals surface area contributed by atoms with Gasteiger partial charge in [0.15, 0.2) is 5.69 Å². The summed E-state index contributed by atoms with van der Waals surface area (Å²) in [7, 11) is 0. The van der Waals surface area contributed by atoms with E-state index in [1.54, 1.807) is 12.1 Å². The van der Waals surface area contributed by atoms with E-state index in [0.29, 0.717) is 36.5 Å². The van der Waals surface area contributed by atoms with Crippen molar-refractivity contribution in [3.63, 3.8) is 0 Å². The van der Waals surface area contributed by atoms with Crippen LogP contribution in [0, 0.1) is 0 Å². The zero-order valence-electron chi connectivity index (χ0n) is 16.5. The second-order valence-corrected chi connectivity index (χ2v) is 7.49. The standard InChI is InChI=1S/C20H17ClF3N7O/c1-2-16(32)28-11-3-4-13-15(7-11)26-10-27-18(13)31-6-5-12(9-31)29-19-25-8-14(21)17(30-19)20(22,23)24/h2-4,7-8,10,12H,1,5-6,9H2,(H,28,32)(H,25,29,30)/t12-/m1/s1. The van der Waals surface area contributed by atoms with E-state index in [2.05, 4.69) is 37.1 Å². The Labute approximate surface area is 185 Å². The summed E-state index contributed by atoms with van der Waals surface area (Å²) >= 11 is 5.58. The Hall–Kier alpha value is -3.47. The van der Waals surface area contributed by atoms with Crippen LogP contribution in [0.25, 0.3) is 10.9 Å². The first-order valence-corrected chi connectivity index (χ1v) is 9.92. The molecule has 0 saturated carbocycles. The van der Waals surface area contributed by atoms with Gasteiger partial charge in [-0.05, 0) is 30.7 Å². The van der Waals surface area contributed by atoms with Gasteiger partial charge in [0.25, 0.3) is 0 Å². The molecule has 8 nitrogen and oxygen atoms in total. The lowest BCUT2D eigenvalue weighted by Crippen LogP contribution is -2.27. The van der Waals surface area contributed by atoms with E-state index in [1.165, 1.54) is 12.4 Å². The Morgan fingerprint density at radius 2 is 2.09 bits per heavy atom. The monoisotopic (exact) mass is 463 g/mol. The zero-order chi connectivity index (χ0) is 22.9. The highest BCUT2D eigenvalue weighted by atomic mass is 35.5. The van der Waals surface area contributed by atoms with E-state index in [1.807, 2.05) is 11.0 Å². The van der Waals surface area contributed by atoms with Gasteiger partial charge in [0, 0.05) is 30.2 Å². The minimum absolute atomic E-state index is 0.135. The van der Waals surface area contributed by atoms with Gasteiger partial charge in [-0.25, -0.2) is 19.9 Å². The van der Waals surface area contributed by atoms with Crippen molar-refractivity contribution in [2.24, 2.45) is 0 Å². The average Bonchev–Trinajstić information content (AvgIpc) is 3.22. The minimum Gasteiger partial charge on any atom is -0.354 e. The smallest absolute Gasteiger partial charge is 0.354 e. The van der Waals surface area contributed by atoms with E-state index in [-0.39, 0.29) is 17.9 Å². The first kappa shape index (κ1) is 21.8. The Kier molecular flexibility index (Phi) is 5.83. The number of aromatic nitrogens is 4. The van der Waals surface area contributed by atoms with Gasteiger partial charge in [-0.1, -0.05) is 18.2 Å². The molecule has 32 heavy (non-hydrogen) atoms. The second-order valence-electron chi connectivity index (χ2n) is 7.09. The predicted molar refractivity (Wildman–Crippen MR) is 115 cm³/mol. The molecular weight excluding hydrogens is 447 g/mol. The Bertz CT molecular complexity index is 1190. The Balaban J connectivity index is 1.51.